The predicted molar refractivity (Wildman–Crippen MR) is 97.6 cm³/mol. The molecule has 0 spiro atoms. The van der Waals surface area contributed by atoms with Crippen LogP contribution < -0.4 is 14.8 Å². The number of amides is 1. The Bertz CT molecular complexity index is 867. The number of anilines is 1. The first-order chi connectivity index (χ1) is 11.7. The average molecular weight is 383 g/mol. The summed E-state index contributed by atoms with van der Waals surface area (Å²) in [6.07, 6.45) is 0. The maximum atomic E-state index is 12.3. The fourth-order valence-corrected chi connectivity index (χ4v) is 3.53. The molecule has 2 rings (SSSR count). The molecular formula is C17H19ClN2O4S. The summed E-state index contributed by atoms with van der Waals surface area (Å²) < 4.78 is 32.0. The van der Waals surface area contributed by atoms with E-state index in [0.29, 0.717) is 16.5 Å². The fourth-order valence-electron chi connectivity index (χ4n) is 2.07. The molecule has 8 heteroatoms. The van der Waals surface area contributed by atoms with Crippen LogP contribution in [0, 0.1) is 6.92 Å². The van der Waals surface area contributed by atoms with Crippen molar-refractivity contribution in [2.24, 2.45) is 0 Å². The molecule has 0 aromatic heterocycles. The number of hydrogen-bond donors (Lipinski definition) is 2. The van der Waals surface area contributed by atoms with E-state index in [-0.39, 0.29) is 4.90 Å². The molecule has 2 aromatic carbocycles. The van der Waals surface area contributed by atoms with Crippen LogP contribution in [-0.4, -0.2) is 27.5 Å². The van der Waals surface area contributed by atoms with E-state index in [0.717, 1.165) is 5.56 Å². The summed E-state index contributed by atoms with van der Waals surface area (Å²) in [5.74, 6) is -0.0234. The topological polar surface area (TPSA) is 84.5 Å². The van der Waals surface area contributed by atoms with Crippen molar-refractivity contribution < 1.29 is 17.9 Å². The first-order valence-corrected chi connectivity index (χ1v) is 9.32. The van der Waals surface area contributed by atoms with Gasteiger partial charge in [-0.3, -0.25) is 4.79 Å². The van der Waals surface area contributed by atoms with Crippen molar-refractivity contribution in [3.8, 4) is 5.75 Å². The number of carbonyl (C=O) groups is 1. The van der Waals surface area contributed by atoms with Gasteiger partial charge in [0, 0.05) is 5.69 Å². The maximum Gasteiger partial charge on any atom is 0.242 e. The first kappa shape index (κ1) is 19.2. The summed E-state index contributed by atoms with van der Waals surface area (Å²) in [4.78, 5) is 12.3. The molecule has 1 atom stereocenters. The minimum absolute atomic E-state index is 0.102. The molecular weight excluding hydrogens is 364 g/mol. The van der Waals surface area contributed by atoms with Gasteiger partial charge in [0.1, 0.15) is 5.75 Å². The molecule has 0 aliphatic carbocycles. The van der Waals surface area contributed by atoms with Crippen LogP contribution in [0.4, 0.5) is 5.69 Å². The molecule has 0 unspecified atom stereocenters. The number of halogens is 1. The van der Waals surface area contributed by atoms with Crippen molar-refractivity contribution >= 4 is 33.2 Å². The largest absolute Gasteiger partial charge is 0.495 e. The second-order valence-corrected chi connectivity index (χ2v) is 7.62. The number of methoxy groups -OCH3 is 1. The molecule has 0 heterocycles. The molecule has 2 aromatic rings. The molecule has 0 radical (unpaired) electrons. The highest BCUT2D eigenvalue weighted by Crippen LogP contribution is 2.27. The Morgan fingerprint density at radius 3 is 2.36 bits per heavy atom. The predicted octanol–water partition coefficient (Wildman–Crippen LogP) is 2.96. The number of benzene rings is 2. The zero-order valence-corrected chi connectivity index (χ0v) is 15.6. The Balaban J connectivity index is 2.07. The third kappa shape index (κ3) is 4.94. The lowest BCUT2D eigenvalue weighted by Gasteiger charge is -2.15. The summed E-state index contributed by atoms with van der Waals surface area (Å²) in [5.41, 5.74) is 1.39. The van der Waals surface area contributed by atoms with Crippen LogP contribution >= 0.6 is 11.6 Å². The minimum Gasteiger partial charge on any atom is -0.495 e. The van der Waals surface area contributed by atoms with E-state index in [2.05, 4.69) is 10.0 Å². The van der Waals surface area contributed by atoms with E-state index in [1.54, 1.807) is 24.3 Å². The second-order valence-electron chi connectivity index (χ2n) is 5.49. The third-order valence-electron chi connectivity index (χ3n) is 3.48. The van der Waals surface area contributed by atoms with E-state index in [1.807, 2.05) is 6.92 Å². The highest BCUT2D eigenvalue weighted by Gasteiger charge is 2.22. The first-order valence-electron chi connectivity index (χ1n) is 7.46. The van der Waals surface area contributed by atoms with E-state index in [4.69, 9.17) is 16.3 Å². The molecule has 1 amide bonds. The molecule has 0 fully saturated rings. The highest BCUT2D eigenvalue weighted by molar-refractivity contribution is 7.89. The summed E-state index contributed by atoms with van der Waals surface area (Å²) in [6.45, 7) is 3.33. The average Bonchev–Trinajstić information content (AvgIpc) is 2.55. The molecule has 6 nitrogen and oxygen atoms in total. The highest BCUT2D eigenvalue weighted by atomic mass is 35.5. The SMILES string of the molecule is COc1ccc(NC(=O)[C@H](C)NS(=O)(=O)c2ccc(C)cc2)cc1Cl. The van der Waals surface area contributed by atoms with Gasteiger partial charge < -0.3 is 10.1 Å². The Morgan fingerprint density at radius 2 is 1.80 bits per heavy atom. The number of sulfonamides is 1. The lowest BCUT2D eigenvalue weighted by atomic mass is 10.2. The van der Waals surface area contributed by atoms with Crippen molar-refractivity contribution in [3.05, 3.63) is 53.1 Å². The summed E-state index contributed by atoms with van der Waals surface area (Å²) in [7, 11) is -2.30. The lowest BCUT2D eigenvalue weighted by molar-refractivity contribution is -0.117. The zero-order chi connectivity index (χ0) is 18.6. The monoisotopic (exact) mass is 382 g/mol. The van der Waals surface area contributed by atoms with Crippen molar-refractivity contribution in [1.82, 2.24) is 4.72 Å². The number of aryl methyl sites for hydroxylation is 1. The summed E-state index contributed by atoms with van der Waals surface area (Å²) >= 11 is 6.00. The molecule has 0 aliphatic rings. The molecule has 0 saturated carbocycles. The van der Waals surface area contributed by atoms with Gasteiger partial charge in [-0.05, 0) is 44.2 Å². The number of ether oxygens (including phenoxy) is 1. The van der Waals surface area contributed by atoms with Gasteiger partial charge in [0.25, 0.3) is 0 Å². The van der Waals surface area contributed by atoms with E-state index < -0.39 is 22.0 Å². The lowest BCUT2D eigenvalue weighted by Crippen LogP contribution is -2.41. The van der Waals surface area contributed by atoms with Crippen LogP contribution in [0.25, 0.3) is 0 Å². The van der Waals surface area contributed by atoms with Gasteiger partial charge in [-0.1, -0.05) is 29.3 Å². The van der Waals surface area contributed by atoms with Crippen molar-refractivity contribution in [1.29, 1.82) is 0 Å². The molecule has 25 heavy (non-hydrogen) atoms. The van der Waals surface area contributed by atoms with Gasteiger partial charge in [-0.25, -0.2) is 8.42 Å². The van der Waals surface area contributed by atoms with Gasteiger partial charge in [0.2, 0.25) is 15.9 Å². The summed E-state index contributed by atoms with van der Waals surface area (Å²) in [6, 6.07) is 10.2. The Morgan fingerprint density at radius 1 is 1.16 bits per heavy atom. The van der Waals surface area contributed by atoms with Gasteiger partial charge in [0.05, 0.1) is 23.1 Å². The van der Waals surface area contributed by atoms with Crippen molar-refractivity contribution in [2.45, 2.75) is 24.8 Å². The van der Waals surface area contributed by atoms with Crippen LogP contribution in [0.3, 0.4) is 0 Å². The molecule has 2 N–H and O–H groups in total. The Kier molecular flexibility index (Phi) is 6.05. The molecule has 0 saturated heterocycles. The zero-order valence-electron chi connectivity index (χ0n) is 14.0. The quantitative estimate of drug-likeness (QED) is 0.804. The van der Waals surface area contributed by atoms with Crippen LogP contribution in [0.2, 0.25) is 5.02 Å². The minimum atomic E-state index is -3.79. The maximum absolute atomic E-state index is 12.3. The standard InChI is InChI=1S/C17H19ClN2O4S/c1-11-4-7-14(8-5-11)25(22,23)20-12(2)17(21)19-13-6-9-16(24-3)15(18)10-13/h4-10,12,20H,1-3H3,(H,19,21)/t12-/m0/s1. The van der Waals surface area contributed by atoms with Gasteiger partial charge in [-0.2, -0.15) is 4.72 Å². The van der Waals surface area contributed by atoms with E-state index in [9.17, 15) is 13.2 Å². The Labute approximate surface area is 152 Å². The third-order valence-corrected chi connectivity index (χ3v) is 5.33. The fraction of sp³-hybridized carbons (Fsp3) is 0.235. The second kappa shape index (κ2) is 7.86. The van der Waals surface area contributed by atoms with Gasteiger partial charge >= 0.3 is 0 Å². The number of carbonyl (C=O) groups excluding carboxylic acids is 1. The number of hydrogen-bond acceptors (Lipinski definition) is 4. The van der Waals surface area contributed by atoms with Gasteiger partial charge in [-0.15, -0.1) is 0 Å². The molecule has 0 aliphatic heterocycles. The van der Waals surface area contributed by atoms with Crippen LogP contribution in [0.15, 0.2) is 47.4 Å². The van der Waals surface area contributed by atoms with E-state index >= 15 is 0 Å². The number of rotatable bonds is 6. The smallest absolute Gasteiger partial charge is 0.242 e. The number of nitrogens with one attached hydrogen (secondary N) is 2. The van der Waals surface area contributed by atoms with E-state index in [1.165, 1.54) is 32.2 Å². The molecule has 0 bridgehead atoms. The molecule has 134 valence electrons. The van der Waals surface area contributed by atoms with Crippen molar-refractivity contribution in [3.63, 3.8) is 0 Å². The Hall–Kier alpha value is -2.09. The van der Waals surface area contributed by atoms with Crippen LogP contribution in [-0.2, 0) is 14.8 Å². The van der Waals surface area contributed by atoms with Crippen LogP contribution in [0.1, 0.15) is 12.5 Å². The van der Waals surface area contributed by atoms with Gasteiger partial charge in [0.15, 0.2) is 0 Å². The van der Waals surface area contributed by atoms with Crippen LogP contribution in [0.5, 0.6) is 5.75 Å². The van der Waals surface area contributed by atoms with Crippen molar-refractivity contribution in [2.75, 3.05) is 12.4 Å². The normalized spacial score (nSPS) is 12.5. The summed E-state index contributed by atoms with van der Waals surface area (Å²) in [5, 5.41) is 2.95.